The lowest BCUT2D eigenvalue weighted by atomic mass is 10.1. The summed E-state index contributed by atoms with van der Waals surface area (Å²) in [5.74, 6) is 0.302. The standard InChI is InChI=1S/C14H19F3N2O3/c1-3-22-12-8-21-7-11(12)19(2)13-9(6-20)4-10(5-18-13)14(15,16)17/h4-5,11-12,20H,3,6-8H2,1-2H3/t11-,12?/m1/s1. The smallest absolute Gasteiger partial charge is 0.392 e. The van der Waals surface area contributed by atoms with Gasteiger partial charge in [-0.1, -0.05) is 0 Å². The van der Waals surface area contributed by atoms with Crippen LogP contribution >= 0.6 is 0 Å². The fourth-order valence-electron chi connectivity index (χ4n) is 2.51. The normalized spacial score (nSPS) is 22.1. The summed E-state index contributed by atoms with van der Waals surface area (Å²) in [6.45, 7) is 2.69. The maximum atomic E-state index is 12.7. The Hall–Kier alpha value is -1.38. The van der Waals surface area contributed by atoms with Crippen LogP contribution in [0.1, 0.15) is 18.1 Å². The molecule has 0 amide bonds. The number of aliphatic hydroxyl groups is 1. The number of rotatable bonds is 5. The summed E-state index contributed by atoms with van der Waals surface area (Å²) in [5, 5.41) is 9.37. The number of ether oxygens (including phenoxy) is 2. The average molecular weight is 320 g/mol. The lowest BCUT2D eigenvalue weighted by molar-refractivity contribution is -0.137. The molecule has 8 heteroatoms. The van der Waals surface area contributed by atoms with Gasteiger partial charge in [0, 0.05) is 25.4 Å². The lowest BCUT2D eigenvalue weighted by Gasteiger charge is -2.30. The SMILES string of the molecule is CCOC1COC[C@H]1N(C)c1ncc(C(F)(F)F)cc1CO. The Morgan fingerprint density at radius 1 is 1.45 bits per heavy atom. The molecule has 0 aliphatic carbocycles. The monoisotopic (exact) mass is 320 g/mol. The molecule has 1 aliphatic rings. The second kappa shape index (κ2) is 6.80. The van der Waals surface area contributed by atoms with Gasteiger partial charge in [0.15, 0.2) is 0 Å². The van der Waals surface area contributed by atoms with Crippen molar-refractivity contribution in [2.45, 2.75) is 31.9 Å². The molecule has 1 fully saturated rings. The summed E-state index contributed by atoms with van der Waals surface area (Å²) < 4.78 is 49.1. The molecule has 1 saturated heterocycles. The first kappa shape index (κ1) is 17.0. The van der Waals surface area contributed by atoms with Gasteiger partial charge in [0.25, 0.3) is 0 Å². The average Bonchev–Trinajstić information content (AvgIpc) is 2.93. The molecule has 1 aromatic rings. The van der Waals surface area contributed by atoms with Gasteiger partial charge < -0.3 is 19.5 Å². The lowest BCUT2D eigenvalue weighted by Crippen LogP contribution is -2.43. The Balaban J connectivity index is 2.27. The summed E-state index contributed by atoms with van der Waals surface area (Å²) in [6, 6.07) is 0.763. The fraction of sp³-hybridized carbons (Fsp3) is 0.643. The van der Waals surface area contributed by atoms with E-state index in [1.165, 1.54) is 0 Å². The molecule has 1 aliphatic heterocycles. The molecule has 0 radical (unpaired) electrons. The molecule has 1 unspecified atom stereocenters. The highest BCUT2D eigenvalue weighted by atomic mass is 19.4. The van der Waals surface area contributed by atoms with E-state index >= 15 is 0 Å². The number of hydrogen-bond acceptors (Lipinski definition) is 5. The van der Waals surface area contributed by atoms with E-state index in [2.05, 4.69) is 4.98 Å². The Morgan fingerprint density at radius 2 is 2.18 bits per heavy atom. The quantitative estimate of drug-likeness (QED) is 0.897. The van der Waals surface area contributed by atoms with E-state index in [0.29, 0.717) is 25.6 Å². The van der Waals surface area contributed by atoms with E-state index in [1.807, 2.05) is 6.92 Å². The molecule has 2 heterocycles. The zero-order chi connectivity index (χ0) is 16.3. The van der Waals surface area contributed by atoms with Crippen LogP contribution in [0.4, 0.5) is 19.0 Å². The van der Waals surface area contributed by atoms with E-state index in [0.717, 1.165) is 12.3 Å². The molecule has 1 N–H and O–H groups in total. The van der Waals surface area contributed by atoms with Gasteiger partial charge in [0.05, 0.1) is 31.4 Å². The number of likely N-dealkylation sites (N-methyl/N-ethyl adjacent to an activating group) is 1. The van der Waals surface area contributed by atoms with E-state index in [-0.39, 0.29) is 17.7 Å². The third-order valence-electron chi connectivity index (χ3n) is 3.65. The first-order chi connectivity index (χ1) is 10.4. The third kappa shape index (κ3) is 3.50. The maximum Gasteiger partial charge on any atom is 0.417 e. The second-order valence-corrected chi connectivity index (χ2v) is 5.07. The molecule has 2 rings (SSSR count). The first-order valence-corrected chi connectivity index (χ1v) is 6.97. The number of aromatic nitrogens is 1. The summed E-state index contributed by atoms with van der Waals surface area (Å²) in [6.07, 6.45) is -3.89. The maximum absolute atomic E-state index is 12.7. The first-order valence-electron chi connectivity index (χ1n) is 6.97. The van der Waals surface area contributed by atoms with Gasteiger partial charge in [-0.05, 0) is 13.0 Å². The van der Waals surface area contributed by atoms with E-state index in [9.17, 15) is 18.3 Å². The third-order valence-corrected chi connectivity index (χ3v) is 3.65. The van der Waals surface area contributed by atoms with Gasteiger partial charge >= 0.3 is 6.18 Å². The van der Waals surface area contributed by atoms with Crippen molar-refractivity contribution in [3.8, 4) is 0 Å². The molecule has 5 nitrogen and oxygen atoms in total. The van der Waals surface area contributed by atoms with Crippen molar-refractivity contribution in [1.82, 2.24) is 4.98 Å². The van der Waals surface area contributed by atoms with Crippen molar-refractivity contribution < 1.29 is 27.8 Å². The van der Waals surface area contributed by atoms with Gasteiger partial charge in [0.1, 0.15) is 11.9 Å². The predicted octanol–water partition coefficient (Wildman–Crippen LogP) is 1.83. The van der Waals surface area contributed by atoms with Crippen molar-refractivity contribution >= 4 is 5.82 Å². The molecular weight excluding hydrogens is 301 g/mol. The number of alkyl halides is 3. The van der Waals surface area contributed by atoms with Crippen LogP contribution in [-0.4, -0.2) is 49.1 Å². The number of hydrogen-bond donors (Lipinski definition) is 1. The van der Waals surface area contributed by atoms with Crippen molar-refractivity contribution in [2.75, 3.05) is 31.8 Å². The minimum absolute atomic E-state index is 0.125. The molecular formula is C14H19F3N2O3. The number of pyridine rings is 1. The Kier molecular flexibility index (Phi) is 5.25. The number of halogens is 3. The van der Waals surface area contributed by atoms with Gasteiger partial charge in [-0.3, -0.25) is 0 Å². The molecule has 2 atom stereocenters. The Labute approximate surface area is 126 Å². The number of anilines is 1. The summed E-state index contributed by atoms with van der Waals surface area (Å²) >= 11 is 0. The zero-order valence-electron chi connectivity index (χ0n) is 12.4. The van der Waals surface area contributed by atoms with Crippen molar-refractivity contribution in [3.05, 3.63) is 23.4 Å². The van der Waals surface area contributed by atoms with Crippen LogP contribution < -0.4 is 4.90 Å². The van der Waals surface area contributed by atoms with Gasteiger partial charge in [-0.2, -0.15) is 13.2 Å². The predicted molar refractivity (Wildman–Crippen MR) is 73.6 cm³/mol. The number of aliphatic hydroxyl groups excluding tert-OH is 1. The molecule has 1 aromatic heterocycles. The highest BCUT2D eigenvalue weighted by Crippen LogP contribution is 2.32. The van der Waals surface area contributed by atoms with E-state index in [1.54, 1.807) is 11.9 Å². The van der Waals surface area contributed by atoms with Crippen LogP contribution in [0.5, 0.6) is 0 Å². The van der Waals surface area contributed by atoms with Crippen LogP contribution in [0.2, 0.25) is 0 Å². The van der Waals surface area contributed by atoms with Crippen LogP contribution in [-0.2, 0) is 22.3 Å². The molecule has 0 aromatic carbocycles. The van der Waals surface area contributed by atoms with Crippen molar-refractivity contribution in [3.63, 3.8) is 0 Å². The molecule has 0 bridgehead atoms. The molecule has 0 spiro atoms. The van der Waals surface area contributed by atoms with Crippen LogP contribution in [0.15, 0.2) is 12.3 Å². The summed E-state index contributed by atoms with van der Waals surface area (Å²) in [4.78, 5) is 5.60. The van der Waals surface area contributed by atoms with Gasteiger partial charge in [0.2, 0.25) is 0 Å². The van der Waals surface area contributed by atoms with Crippen LogP contribution in [0, 0.1) is 0 Å². The number of nitrogens with zero attached hydrogens (tertiary/aromatic N) is 2. The minimum Gasteiger partial charge on any atom is -0.392 e. The van der Waals surface area contributed by atoms with Crippen LogP contribution in [0.25, 0.3) is 0 Å². The molecule has 0 saturated carbocycles. The topological polar surface area (TPSA) is 54.8 Å². The van der Waals surface area contributed by atoms with E-state index in [4.69, 9.17) is 9.47 Å². The second-order valence-electron chi connectivity index (χ2n) is 5.07. The summed E-state index contributed by atoms with van der Waals surface area (Å²) in [5.41, 5.74) is -0.753. The van der Waals surface area contributed by atoms with Gasteiger partial charge in [-0.25, -0.2) is 4.98 Å². The van der Waals surface area contributed by atoms with Crippen molar-refractivity contribution in [1.29, 1.82) is 0 Å². The van der Waals surface area contributed by atoms with Crippen LogP contribution in [0.3, 0.4) is 0 Å². The fourth-order valence-corrected chi connectivity index (χ4v) is 2.51. The van der Waals surface area contributed by atoms with Gasteiger partial charge in [-0.15, -0.1) is 0 Å². The molecule has 124 valence electrons. The van der Waals surface area contributed by atoms with Crippen molar-refractivity contribution in [2.24, 2.45) is 0 Å². The largest absolute Gasteiger partial charge is 0.417 e. The Bertz CT molecular complexity index is 511. The summed E-state index contributed by atoms with van der Waals surface area (Å²) in [7, 11) is 1.71. The minimum atomic E-state index is -4.49. The Morgan fingerprint density at radius 3 is 2.77 bits per heavy atom. The molecule has 22 heavy (non-hydrogen) atoms. The highest BCUT2D eigenvalue weighted by Gasteiger charge is 2.35. The zero-order valence-corrected chi connectivity index (χ0v) is 12.4. The highest BCUT2D eigenvalue weighted by molar-refractivity contribution is 5.49. The van der Waals surface area contributed by atoms with E-state index < -0.39 is 18.3 Å².